The summed E-state index contributed by atoms with van der Waals surface area (Å²) in [4.78, 5) is 11.2. The van der Waals surface area contributed by atoms with Crippen molar-refractivity contribution in [3.8, 4) is 0 Å². The Kier molecular flexibility index (Phi) is 3.53. The Morgan fingerprint density at radius 2 is 2.00 bits per heavy atom. The first-order valence-electron chi connectivity index (χ1n) is 4.73. The summed E-state index contributed by atoms with van der Waals surface area (Å²) in [5, 5.41) is 2.60. The van der Waals surface area contributed by atoms with Crippen LogP contribution >= 0.6 is 0 Å². The molecule has 0 radical (unpaired) electrons. The summed E-state index contributed by atoms with van der Waals surface area (Å²) >= 11 is 0. The summed E-state index contributed by atoms with van der Waals surface area (Å²) in [6, 6.07) is -0.282. The van der Waals surface area contributed by atoms with Gasteiger partial charge in [-0.2, -0.15) is 0 Å². The van der Waals surface area contributed by atoms with Crippen molar-refractivity contribution >= 4 is 5.91 Å². The molecule has 1 amide bonds. The zero-order valence-corrected chi connectivity index (χ0v) is 7.68. The summed E-state index contributed by atoms with van der Waals surface area (Å²) < 4.78 is 0. The van der Waals surface area contributed by atoms with Crippen molar-refractivity contribution in [3.05, 3.63) is 0 Å². The van der Waals surface area contributed by atoms with Crippen LogP contribution in [0.3, 0.4) is 0 Å². The van der Waals surface area contributed by atoms with Crippen LogP contribution in [0.25, 0.3) is 0 Å². The lowest BCUT2D eigenvalue weighted by molar-refractivity contribution is -0.123. The zero-order valence-electron chi connectivity index (χ0n) is 7.68. The number of carbonyl (C=O) groups is 1. The number of hydrogen-bond acceptors (Lipinski definition) is 2. The third-order valence-electron chi connectivity index (χ3n) is 2.71. The molecule has 0 aromatic rings. The first-order chi connectivity index (χ1) is 5.75. The highest BCUT2D eigenvalue weighted by Crippen LogP contribution is 2.25. The van der Waals surface area contributed by atoms with E-state index < -0.39 is 0 Å². The Morgan fingerprint density at radius 1 is 1.42 bits per heavy atom. The number of hydrogen-bond donors (Lipinski definition) is 2. The van der Waals surface area contributed by atoms with Gasteiger partial charge in [0, 0.05) is 7.05 Å². The molecule has 0 unspecified atom stereocenters. The van der Waals surface area contributed by atoms with Gasteiger partial charge in [0.25, 0.3) is 0 Å². The molecular formula is C9H18N2O. The van der Waals surface area contributed by atoms with Gasteiger partial charge in [-0.1, -0.05) is 19.3 Å². The van der Waals surface area contributed by atoms with Gasteiger partial charge in [0.2, 0.25) is 5.91 Å². The minimum atomic E-state index is -0.282. The largest absolute Gasteiger partial charge is 0.358 e. The van der Waals surface area contributed by atoms with E-state index in [4.69, 9.17) is 5.73 Å². The van der Waals surface area contributed by atoms with Crippen molar-refractivity contribution in [2.45, 2.75) is 38.1 Å². The van der Waals surface area contributed by atoms with Gasteiger partial charge in [-0.25, -0.2) is 0 Å². The van der Waals surface area contributed by atoms with Crippen molar-refractivity contribution in [1.29, 1.82) is 0 Å². The molecule has 0 heterocycles. The molecule has 0 bridgehead atoms. The monoisotopic (exact) mass is 170 g/mol. The lowest BCUT2D eigenvalue weighted by Crippen LogP contribution is -2.44. The average molecular weight is 170 g/mol. The van der Waals surface area contributed by atoms with E-state index in [9.17, 15) is 4.79 Å². The predicted molar refractivity (Wildman–Crippen MR) is 48.6 cm³/mol. The lowest BCUT2D eigenvalue weighted by atomic mass is 9.84. The number of nitrogens with two attached hydrogens (primary N) is 1. The molecule has 1 fully saturated rings. The molecule has 0 aromatic heterocycles. The molecule has 1 saturated carbocycles. The molecule has 1 aliphatic carbocycles. The van der Waals surface area contributed by atoms with Gasteiger partial charge in [0.05, 0.1) is 6.04 Å². The van der Waals surface area contributed by atoms with Crippen LogP contribution in [0.5, 0.6) is 0 Å². The molecule has 3 heteroatoms. The summed E-state index contributed by atoms with van der Waals surface area (Å²) in [7, 11) is 1.64. The first-order valence-corrected chi connectivity index (χ1v) is 4.73. The molecule has 12 heavy (non-hydrogen) atoms. The highest BCUT2D eigenvalue weighted by atomic mass is 16.2. The Labute approximate surface area is 73.7 Å². The second-order valence-corrected chi connectivity index (χ2v) is 3.54. The van der Waals surface area contributed by atoms with Gasteiger partial charge in [0.15, 0.2) is 0 Å². The van der Waals surface area contributed by atoms with Crippen molar-refractivity contribution in [2.75, 3.05) is 7.05 Å². The zero-order chi connectivity index (χ0) is 8.97. The van der Waals surface area contributed by atoms with Crippen LogP contribution in [0.1, 0.15) is 32.1 Å². The fraction of sp³-hybridized carbons (Fsp3) is 0.889. The van der Waals surface area contributed by atoms with Crippen LogP contribution < -0.4 is 11.1 Å². The highest BCUT2D eigenvalue weighted by Gasteiger charge is 2.24. The van der Waals surface area contributed by atoms with E-state index in [2.05, 4.69) is 5.32 Å². The molecule has 1 aliphatic rings. The second-order valence-electron chi connectivity index (χ2n) is 3.54. The van der Waals surface area contributed by atoms with Gasteiger partial charge < -0.3 is 11.1 Å². The van der Waals surface area contributed by atoms with Crippen molar-refractivity contribution in [1.82, 2.24) is 5.32 Å². The third kappa shape index (κ3) is 2.21. The minimum Gasteiger partial charge on any atom is -0.358 e. The van der Waals surface area contributed by atoms with Crippen molar-refractivity contribution in [2.24, 2.45) is 11.7 Å². The first kappa shape index (κ1) is 9.52. The molecule has 70 valence electrons. The van der Waals surface area contributed by atoms with Gasteiger partial charge in [-0.3, -0.25) is 4.79 Å². The fourth-order valence-corrected chi connectivity index (χ4v) is 1.87. The van der Waals surface area contributed by atoms with Gasteiger partial charge in [0.1, 0.15) is 0 Å². The molecule has 3 nitrogen and oxygen atoms in total. The van der Waals surface area contributed by atoms with Crippen LogP contribution in [-0.2, 0) is 4.79 Å². The van der Waals surface area contributed by atoms with Crippen LogP contribution in [0.4, 0.5) is 0 Å². The normalized spacial score (nSPS) is 21.8. The number of rotatable bonds is 2. The van der Waals surface area contributed by atoms with Crippen LogP contribution in [0.15, 0.2) is 0 Å². The maximum Gasteiger partial charge on any atom is 0.236 e. The van der Waals surface area contributed by atoms with E-state index in [1.807, 2.05) is 0 Å². The van der Waals surface area contributed by atoms with Gasteiger partial charge in [-0.05, 0) is 18.8 Å². The fourth-order valence-electron chi connectivity index (χ4n) is 1.87. The summed E-state index contributed by atoms with van der Waals surface area (Å²) in [6.45, 7) is 0. The van der Waals surface area contributed by atoms with Crippen molar-refractivity contribution < 1.29 is 4.79 Å². The third-order valence-corrected chi connectivity index (χ3v) is 2.71. The molecule has 1 rings (SSSR count). The van der Waals surface area contributed by atoms with E-state index in [0.29, 0.717) is 5.92 Å². The maximum absolute atomic E-state index is 11.2. The predicted octanol–water partition coefficient (Wildman–Crippen LogP) is 0.640. The smallest absolute Gasteiger partial charge is 0.236 e. The maximum atomic E-state index is 11.2. The van der Waals surface area contributed by atoms with Crippen LogP contribution in [0.2, 0.25) is 0 Å². The quantitative estimate of drug-likeness (QED) is 0.639. The van der Waals surface area contributed by atoms with E-state index >= 15 is 0 Å². The van der Waals surface area contributed by atoms with E-state index in [-0.39, 0.29) is 11.9 Å². The molecule has 1 atom stereocenters. The van der Waals surface area contributed by atoms with Crippen LogP contribution in [0, 0.1) is 5.92 Å². The van der Waals surface area contributed by atoms with Gasteiger partial charge >= 0.3 is 0 Å². The van der Waals surface area contributed by atoms with E-state index in [0.717, 1.165) is 12.8 Å². The number of carbonyl (C=O) groups excluding carboxylic acids is 1. The van der Waals surface area contributed by atoms with E-state index in [1.165, 1.54) is 19.3 Å². The van der Waals surface area contributed by atoms with Crippen molar-refractivity contribution in [3.63, 3.8) is 0 Å². The number of amides is 1. The summed E-state index contributed by atoms with van der Waals surface area (Å²) in [5.74, 6) is 0.403. The minimum absolute atomic E-state index is 0.0121. The molecule has 3 N–H and O–H groups in total. The van der Waals surface area contributed by atoms with Gasteiger partial charge in [-0.15, -0.1) is 0 Å². The highest BCUT2D eigenvalue weighted by molar-refractivity contribution is 5.81. The van der Waals surface area contributed by atoms with E-state index in [1.54, 1.807) is 7.05 Å². The Hall–Kier alpha value is -0.570. The molecule has 0 aliphatic heterocycles. The summed E-state index contributed by atoms with van der Waals surface area (Å²) in [6.07, 6.45) is 6.00. The molecule has 0 aromatic carbocycles. The number of nitrogens with one attached hydrogen (secondary N) is 1. The van der Waals surface area contributed by atoms with Crippen LogP contribution in [-0.4, -0.2) is 19.0 Å². The topological polar surface area (TPSA) is 55.1 Å². The Morgan fingerprint density at radius 3 is 2.50 bits per heavy atom. The summed E-state index contributed by atoms with van der Waals surface area (Å²) in [5.41, 5.74) is 5.79. The molecule has 0 saturated heterocycles. The SMILES string of the molecule is CNC(=O)[C@H](N)C1CCCCC1. The molecule has 0 spiro atoms. The number of likely N-dealkylation sites (N-methyl/N-ethyl adjacent to an activating group) is 1. The molecular weight excluding hydrogens is 152 g/mol. The lowest BCUT2D eigenvalue weighted by Gasteiger charge is -2.25. The Bertz CT molecular complexity index is 153. The second kappa shape index (κ2) is 4.45. The standard InChI is InChI=1S/C9H18N2O/c1-11-9(12)8(10)7-5-3-2-4-6-7/h7-8H,2-6,10H2,1H3,(H,11,12)/t8-/m1/s1. The average Bonchev–Trinajstić information content (AvgIpc) is 2.17. The Balaban J connectivity index is 2.39.